The van der Waals surface area contributed by atoms with Gasteiger partial charge in [0.2, 0.25) is 5.91 Å². The molecular formula is C19H18N2O6. The van der Waals surface area contributed by atoms with Crippen molar-refractivity contribution in [2.45, 2.75) is 19.9 Å². The van der Waals surface area contributed by atoms with Gasteiger partial charge in [-0.3, -0.25) is 19.2 Å². The topological polar surface area (TPSA) is 117 Å². The van der Waals surface area contributed by atoms with Crippen molar-refractivity contribution < 1.29 is 24.6 Å². The minimum Gasteiger partial charge on any atom is -0.481 e. The molecule has 2 N–H and O–H groups in total. The van der Waals surface area contributed by atoms with Crippen LogP contribution in [0.25, 0.3) is 10.9 Å². The molecule has 1 aliphatic carbocycles. The molecule has 0 unspecified atom stereocenters. The average Bonchev–Trinajstić information content (AvgIpc) is 3.16. The second-order valence-corrected chi connectivity index (χ2v) is 7.45. The Morgan fingerprint density at radius 1 is 1.07 bits per heavy atom. The molecule has 140 valence electrons. The predicted molar refractivity (Wildman–Crippen MR) is 94.3 cm³/mol. The number of carbonyl (C=O) groups is 3. The number of carbonyl (C=O) groups excluding carboxylic acids is 1. The van der Waals surface area contributed by atoms with Crippen LogP contribution in [0.2, 0.25) is 0 Å². The number of hydrogen-bond acceptors (Lipinski definition) is 4. The SMILES string of the molecule is Cc1cc(=O)c2ccccc2n1CC(=O)N1C[C@@]2(C(=O)O)C[C@@]2(C(=O)O)C1. The highest BCUT2D eigenvalue weighted by atomic mass is 16.4. The molecule has 1 aliphatic heterocycles. The lowest BCUT2D eigenvalue weighted by molar-refractivity contribution is -0.151. The first-order valence-electron chi connectivity index (χ1n) is 8.56. The Kier molecular flexibility index (Phi) is 3.46. The van der Waals surface area contributed by atoms with Crippen LogP contribution in [0.5, 0.6) is 0 Å². The fraction of sp³-hybridized carbons (Fsp3) is 0.368. The fourth-order valence-corrected chi connectivity index (χ4v) is 4.36. The van der Waals surface area contributed by atoms with E-state index < -0.39 is 22.8 Å². The van der Waals surface area contributed by atoms with Gasteiger partial charge >= 0.3 is 11.9 Å². The van der Waals surface area contributed by atoms with Gasteiger partial charge < -0.3 is 19.7 Å². The summed E-state index contributed by atoms with van der Waals surface area (Å²) in [7, 11) is 0. The number of aryl methyl sites for hydroxylation is 1. The van der Waals surface area contributed by atoms with E-state index in [2.05, 4.69) is 0 Å². The number of para-hydroxylation sites is 1. The number of amides is 1. The average molecular weight is 370 g/mol. The summed E-state index contributed by atoms with van der Waals surface area (Å²) < 4.78 is 1.70. The van der Waals surface area contributed by atoms with Gasteiger partial charge in [-0.1, -0.05) is 12.1 Å². The first-order valence-corrected chi connectivity index (χ1v) is 8.56. The van der Waals surface area contributed by atoms with Crippen molar-refractivity contribution in [3.8, 4) is 0 Å². The molecule has 2 aliphatic rings. The normalized spacial score (nSPS) is 26.0. The Bertz CT molecular complexity index is 1050. The molecule has 0 bridgehead atoms. The maximum atomic E-state index is 12.8. The highest BCUT2D eigenvalue weighted by Gasteiger charge is 2.81. The number of carboxylic acids is 2. The number of carboxylic acid groups (broad SMARTS) is 2. The van der Waals surface area contributed by atoms with Crippen LogP contribution in [0.4, 0.5) is 0 Å². The summed E-state index contributed by atoms with van der Waals surface area (Å²) in [5, 5.41) is 19.5. The standard InChI is InChI=1S/C19H18N2O6/c1-11-6-14(22)12-4-2-3-5-13(12)21(11)7-15(23)20-9-18(16(24)25)8-19(18,10-20)17(26)27/h2-6H,7-10H2,1H3,(H,24,25)(H,26,27)/t18-,19+. The lowest BCUT2D eigenvalue weighted by atomic mass is 9.97. The summed E-state index contributed by atoms with van der Waals surface area (Å²) in [5.41, 5.74) is -1.70. The minimum absolute atomic E-state index is 0.0500. The smallest absolute Gasteiger partial charge is 0.312 e. The van der Waals surface area contributed by atoms with E-state index in [4.69, 9.17) is 0 Å². The Balaban J connectivity index is 1.65. The van der Waals surface area contributed by atoms with Crippen molar-refractivity contribution in [1.29, 1.82) is 0 Å². The van der Waals surface area contributed by atoms with Gasteiger partial charge in [0.1, 0.15) is 17.4 Å². The van der Waals surface area contributed by atoms with Crippen LogP contribution in [0.1, 0.15) is 12.1 Å². The molecule has 1 amide bonds. The van der Waals surface area contributed by atoms with E-state index in [9.17, 15) is 29.4 Å². The van der Waals surface area contributed by atoms with Crippen molar-refractivity contribution >= 4 is 28.7 Å². The third-order valence-corrected chi connectivity index (χ3v) is 6.01. The number of rotatable bonds is 4. The maximum absolute atomic E-state index is 12.8. The Morgan fingerprint density at radius 3 is 2.26 bits per heavy atom. The molecule has 2 aromatic rings. The molecule has 2 heterocycles. The summed E-state index contributed by atoms with van der Waals surface area (Å²) in [6.07, 6.45) is 0.0500. The number of aliphatic carboxylic acids is 2. The van der Waals surface area contributed by atoms with Gasteiger partial charge in [0.25, 0.3) is 0 Å². The van der Waals surface area contributed by atoms with Crippen LogP contribution in [-0.4, -0.2) is 50.6 Å². The summed E-state index contributed by atoms with van der Waals surface area (Å²) in [6, 6.07) is 8.39. The highest BCUT2D eigenvalue weighted by molar-refractivity contribution is 5.96. The molecule has 1 saturated heterocycles. The monoisotopic (exact) mass is 370 g/mol. The number of fused-ring (bicyclic) bond motifs is 2. The number of aromatic nitrogens is 1. The van der Waals surface area contributed by atoms with Gasteiger partial charge in [0.05, 0.1) is 5.52 Å². The molecule has 0 spiro atoms. The van der Waals surface area contributed by atoms with E-state index in [0.717, 1.165) is 0 Å². The van der Waals surface area contributed by atoms with Crippen LogP contribution in [0.3, 0.4) is 0 Å². The number of hydrogen-bond donors (Lipinski definition) is 2. The number of likely N-dealkylation sites (tertiary alicyclic amines) is 1. The van der Waals surface area contributed by atoms with Crippen molar-refractivity contribution in [3.05, 3.63) is 46.2 Å². The van der Waals surface area contributed by atoms with Crippen molar-refractivity contribution in [3.63, 3.8) is 0 Å². The molecular weight excluding hydrogens is 352 g/mol. The second-order valence-electron chi connectivity index (χ2n) is 7.45. The van der Waals surface area contributed by atoms with Gasteiger partial charge in [0, 0.05) is 30.2 Å². The zero-order chi connectivity index (χ0) is 19.6. The number of benzene rings is 1. The largest absolute Gasteiger partial charge is 0.481 e. The minimum atomic E-state index is -1.39. The third kappa shape index (κ3) is 2.22. The van der Waals surface area contributed by atoms with Gasteiger partial charge in [0.15, 0.2) is 5.43 Å². The van der Waals surface area contributed by atoms with Gasteiger partial charge in [-0.25, -0.2) is 0 Å². The molecule has 8 nitrogen and oxygen atoms in total. The zero-order valence-corrected chi connectivity index (χ0v) is 14.6. The van der Waals surface area contributed by atoms with Crippen molar-refractivity contribution in [2.24, 2.45) is 10.8 Å². The Morgan fingerprint density at radius 2 is 1.67 bits per heavy atom. The zero-order valence-electron chi connectivity index (χ0n) is 14.6. The quantitative estimate of drug-likeness (QED) is 0.818. The van der Waals surface area contributed by atoms with Gasteiger partial charge in [-0.2, -0.15) is 0 Å². The van der Waals surface area contributed by atoms with Gasteiger partial charge in [-0.15, -0.1) is 0 Å². The van der Waals surface area contributed by atoms with E-state index in [1.807, 2.05) is 0 Å². The second kappa shape index (κ2) is 5.42. The number of pyridine rings is 1. The van der Waals surface area contributed by atoms with Crippen molar-refractivity contribution in [2.75, 3.05) is 13.1 Å². The lowest BCUT2D eigenvalue weighted by Crippen LogP contribution is -2.37. The van der Waals surface area contributed by atoms with E-state index in [0.29, 0.717) is 16.6 Å². The predicted octanol–water partition coefficient (Wildman–Crippen LogP) is 0.698. The molecule has 1 aromatic carbocycles. The first-order chi connectivity index (χ1) is 12.7. The Hall–Kier alpha value is -3.16. The molecule has 27 heavy (non-hydrogen) atoms. The first kappa shape index (κ1) is 17.3. The van der Waals surface area contributed by atoms with Gasteiger partial charge in [-0.05, 0) is 25.5 Å². The van der Waals surface area contributed by atoms with E-state index in [-0.39, 0.29) is 37.4 Å². The molecule has 2 fully saturated rings. The van der Waals surface area contributed by atoms with Crippen LogP contribution in [0.15, 0.2) is 35.1 Å². The maximum Gasteiger partial charge on any atom is 0.312 e. The molecule has 1 saturated carbocycles. The van der Waals surface area contributed by atoms with Crippen LogP contribution in [0, 0.1) is 17.8 Å². The number of nitrogens with zero attached hydrogens (tertiary/aromatic N) is 2. The van der Waals surface area contributed by atoms with Crippen LogP contribution < -0.4 is 5.43 Å². The number of piperidine rings is 1. The van der Waals surface area contributed by atoms with E-state index in [1.165, 1.54) is 11.0 Å². The summed E-state index contributed by atoms with van der Waals surface area (Å²) in [6.45, 7) is 1.42. The summed E-state index contributed by atoms with van der Waals surface area (Å²) in [5.74, 6) is -2.71. The molecule has 8 heteroatoms. The third-order valence-electron chi connectivity index (χ3n) is 6.01. The van der Waals surface area contributed by atoms with E-state index in [1.54, 1.807) is 35.8 Å². The van der Waals surface area contributed by atoms with Crippen molar-refractivity contribution in [1.82, 2.24) is 9.47 Å². The van der Waals surface area contributed by atoms with E-state index >= 15 is 0 Å². The fourth-order valence-electron chi connectivity index (χ4n) is 4.36. The summed E-state index contributed by atoms with van der Waals surface area (Å²) in [4.78, 5) is 49.5. The molecule has 2 atom stereocenters. The molecule has 0 radical (unpaired) electrons. The highest BCUT2D eigenvalue weighted by Crippen LogP contribution is 2.68. The summed E-state index contributed by atoms with van der Waals surface area (Å²) >= 11 is 0. The molecule has 1 aromatic heterocycles. The lowest BCUT2D eigenvalue weighted by Gasteiger charge is -2.22. The van der Waals surface area contributed by atoms with Crippen LogP contribution >= 0.6 is 0 Å². The van der Waals surface area contributed by atoms with Crippen LogP contribution in [-0.2, 0) is 20.9 Å². The molecule has 4 rings (SSSR count). The Labute approximate surface area is 153 Å².